The number of hydrogen-bond acceptors (Lipinski definition) is 4. The third-order valence-electron chi connectivity index (χ3n) is 0.565. The minimum Gasteiger partial charge on any atom is -0.472 e. The molecule has 3 N–H and O–H groups in total. The molecule has 12 heavy (non-hydrogen) atoms. The number of nitrogens with two attached hydrogens (primary N) is 1. The molecule has 0 aromatic rings. The van der Waals surface area contributed by atoms with Gasteiger partial charge in [-0.2, -0.15) is 5.01 Å². The lowest BCUT2D eigenvalue weighted by atomic mass is 10.7. The summed E-state index contributed by atoms with van der Waals surface area (Å²) in [6.45, 7) is 0. The molecule has 0 fully saturated rings. The Morgan fingerprint density at radius 2 is 2.00 bits per heavy atom. The van der Waals surface area contributed by atoms with Gasteiger partial charge < -0.3 is 10.8 Å². The predicted molar refractivity (Wildman–Crippen MR) is 39.6 cm³/mol. The number of primary amides is 1. The van der Waals surface area contributed by atoms with Gasteiger partial charge in [-0.15, -0.1) is 11.3 Å². The standard InChI is InChI=1S/C3H2O2.C2H5N3O2/c1-2-3(4)5;1-5(4-7)2(3)6/h1H,(H,4,5);1H3,(H2,3,6). The lowest BCUT2D eigenvalue weighted by molar-refractivity contribution is -0.130. The third kappa shape index (κ3) is 10.8. The Kier molecular flexibility index (Phi) is 7.34. The van der Waals surface area contributed by atoms with E-state index < -0.39 is 12.0 Å². The first-order valence-corrected chi connectivity index (χ1v) is 2.51. The van der Waals surface area contributed by atoms with E-state index in [4.69, 9.17) is 9.90 Å². The van der Waals surface area contributed by atoms with Crippen molar-refractivity contribution in [3.05, 3.63) is 4.91 Å². The summed E-state index contributed by atoms with van der Waals surface area (Å²) in [7, 11) is 1.18. The first-order chi connectivity index (χ1) is 5.45. The molecule has 0 spiro atoms. The second-order valence-corrected chi connectivity index (χ2v) is 1.39. The van der Waals surface area contributed by atoms with Crippen LogP contribution in [0, 0.1) is 17.3 Å². The van der Waals surface area contributed by atoms with E-state index in [0.717, 1.165) is 0 Å². The number of hydrogen-bond donors (Lipinski definition) is 2. The van der Waals surface area contributed by atoms with E-state index in [1.54, 1.807) is 0 Å². The van der Waals surface area contributed by atoms with Crippen LogP contribution in [0.25, 0.3) is 0 Å². The van der Waals surface area contributed by atoms with Gasteiger partial charge in [0.25, 0.3) is 0 Å². The number of terminal acetylenes is 1. The smallest absolute Gasteiger partial charge is 0.381 e. The zero-order valence-electron chi connectivity index (χ0n) is 6.22. The molecule has 0 aromatic carbocycles. The molecule has 0 saturated heterocycles. The van der Waals surface area contributed by atoms with E-state index in [1.807, 2.05) is 0 Å². The van der Waals surface area contributed by atoms with E-state index in [0.29, 0.717) is 5.01 Å². The third-order valence-corrected chi connectivity index (χ3v) is 0.565. The molecule has 0 heterocycles. The Hall–Kier alpha value is -2.10. The number of nitroso groups, excluding NO2 is 1. The number of carboxylic acid groups (broad SMARTS) is 1. The summed E-state index contributed by atoms with van der Waals surface area (Å²) in [5, 5.41) is 10.2. The first kappa shape index (κ1) is 12.6. The van der Waals surface area contributed by atoms with Crippen LogP contribution in [-0.4, -0.2) is 29.2 Å². The molecule has 0 atom stereocenters. The van der Waals surface area contributed by atoms with Crippen LogP contribution in [0.1, 0.15) is 0 Å². The molecule has 0 aliphatic carbocycles. The summed E-state index contributed by atoms with van der Waals surface area (Å²) in [6, 6.07) is -0.852. The normalized spacial score (nSPS) is 6.67. The minimum atomic E-state index is -1.22. The summed E-state index contributed by atoms with van der Waals surface area (Å²) >= 11 is 0. The number of carbonyl (C=O) groups is 2. The number of urea groups is 1. The molecule has 0 rings (SSSR count). The minimum absolute atomic E-state index is 0.500. The summed E-state index contributed by atoms with van der Waals surface area (Å²) < 4.78 is 0. The van der Waals surface area contributed by atoms with E-state index in [1.165, 1.54) is 13.0 Å². The lowest BCUT2D eigenvalue weighted by Crippen LogP contribution is -2.26. The van der Waals surface area contributed by atoms with Crippen LogP contribution in [0.3, 0.4) is 0 Å². The van der Waals surface area contributed by atoms with Crippen molar-refractivity contribution in [2.45, 2.75) is 0 Å². The Morgan fingerprint density at radius 3 is 2.00 bits per heavy atom. The summed E-state index contributed by atoms with van der Waals surface area (Å²) in [5.74, 6) is 0.227. The highest BCUT2D eigenvalue weighted by atomic mass is 16.4. The number of nitrogens with zero attached hydrogens (tertiary/aromatic N) is 2. The summed E-state index contributed by atoms with van der Waals surface area (Å²) in [5.41, 5.74) is 4.54. The molecule has 2 amide bonds. The Morgan fingerprint density at radius 1 is 1.67 bits per heavy atom. The molecular formula is C5H7N3O4. The first-order valence-electron chi connectivity index (χ1n) is 2.51. The molecule has 7 heteroatoms. The number of aliphatic carboxylic acids is 1. The molecular weight excluding hydrogens is 166 g/mol. The van der Waals surface area contributed by atoms with Crippen LogP contribution in [0.2, 0.25) is 0 Å². The maximum Gasteiger partial charge on any atom is 0.381 e. The molecule has 0 saturated carbocycles. The van der Waals surface area contributed by atoms with E-state index in [2.05, 4.69) is 17.4 Å². The van der Waals surface area contributed by atoms with Crippen LogP contribution in [-0.2, 0) is 4.79 Å². The molecule has 0 aliphatic heterocycles. The van der Waals surface area contributed by atoms with E-state index in [-0.39, 0.29) is 0 Å². The quantitative estimate of drug-likeness (QED) is 0.312. The van der Waals surface area contributed by atoms with Crippen molar-refractivity contribution in [1.82, 2.24) is 5.01 Å². The Bertz CT molecular complexity index is 219. The van der Waals surface area contributed by atoms with Gasteiger partial charge in [0.05, 0.1) is 5.29 Å². The second kappa shape index (κ2) is 7.01. The highest BCUT2D eigenvalue weighted by Crippen LogP contribution is 1.76. The van der Waals surface area contributed by atoms with Crippen molar-refractivity contribution < 1.29 is 14.7 Å². The van der Waals surface area contributed by atoms with Crippen molar-refractivity contribution in [3.8, 4) is 12.3 Å². The fourth-order valence-electron chi connectivity index (χ4n) is 0.0402. The Labute approximate surface area is 68.1 Å². The molecule has 0 radical (unpaired) electrons. The van der Waals surface area contributed by atoms with E-state index in [9.17, 15) is 9.70 Å². The highest BCUT2D eigenvalue weighted by molar-refractivity contribution is 5.85. The predicted octanol–water partition coefficient (Wildman–Crippen LogP) is -0.617. The van der Waals surface area contributed by atoms with Crippen molar-refractivity contribution in [3.63, 3.8) is 0 Å². The largest absolute Gasteiger partial charge is 0.472 e. The molecule has 0 aliphatic rings. The average molecular weight is 173 g/mol. The van der Waals surface area contributed by atoms with Gasteiger partial charge in [-0.1, -0.05) is 0 Å². The van der Waals surface area contributed by atoms with Gasteiger partial charge in [0.15, 0.2) is 0 Å². The monoisotopic (exact) mass is 173 g/mol. The fraction of sp³-hybridized carbons (Fsp3) is 0.200. The van der Waals surface area contributed by atoms with E-state index >= 15 is 0 Å². The molecule has 0 bridgehead atoms. The number of amides is 2. The molecule has 0 unspecified atom stereocenters. The number of carbonyl (C=O) groups excluding carboxylic acids is 1. The van der Waals surface area contributed by atoms with Gasteiger partial charge in [0, 0.05) is 13.0 Å². The van der Waals surface area contributed by atoms with Crippen molar-refractivity contribution in [1.29, 1.82) is 0 Å². The number of rotatable bonds is 1. The highest BCUT2D eigenvalue weighted by Gasteiger charge is 1.97. The van der Waals surface area contributed by atoms with Crippen LogP contribution in [0.15, 0.2) is 5.29 Å². The topological polar surface area (TPSA) is 113 Å². The summed E-state index contributed by atoms with van der Waals surface area (Å²) in [6.07, 6.45) is 4.32. The van der Waals surface area contributed by atoms with Crippen molar-refractivity contribution in [2.75, 3.05) is 7.05 Å². The van der Waals surface area contributed by atoms with Gasteiger partial charge in [0.1, 0.15) is 0 Å². The van der Waals surface area contributed by atoms with Gasteiger partial charge in [-0.3, -0.25) is 0 Å². The maximum absolute atomic E-state index is 9.78. The zero-order chi connectivity index (χ0) is 10.1. The molecule has 66 valence electrons. The van der Waals surface area contributed by atoms with Crippen LogP contribution in [0.5, 0.6) is 0 Å². The molecule has 0 aromatic heterocycles. The van der Waals surface area contributed by atoms with Crippen LogP contribution >= 0.6 is 0 Å². The van der Waals surface area contributed by atoms with Gasteiger partial charge in [-0.25, -0.2) is 9.59 Å². The maximum atomic E-state index is 9.78. The van der Waals surface area contributed by atoms with Crippen LogP contribution in [0.4, 0.5) is 4.79 Å². The van der Waals surface area contributed by atoms with Crippen molar-refractivity contribution >= 4 is 12.0 Å². The van der Waals surface area contributed by atoms with Gasteiger partial charge in [-0.05, 0) is 0 Å². The SMILES string of the molecule is C#CC(=O)O.CN(N=O)C(N)=O. The lowest BCUT2D eigenvalue weighted by Gasteiger charge is -1.97. The fourth-order valence-corrected chi connectivity index (χ4v) is 0.0402. The molecule has 7 nitrogen and oxygen atoms in total. The van der Waals surface area contributed by atoms with Crippen LogP contribution < -0.4 is 5.73 Å². The number of carboxylic acids is 1. The second-order valence-electron chi connectivity index (χ2n) is 1.39. The zero-order valence-corrected chi connectivity index (χ0v) is 6.22. The Balaban J connectivity index is 0. The van der Waals surface area contributed by atoms with Crippen molar-refractivity contribution in [2.24, 2.45) is 11.0 Å². The average Bonchev–Trinajstić information content (AvgIpc) is 2.04. The summed E-state index contributed by atoms with van der Waals surface area (Å²) in [4.78, 5) is 28.2. The van der Waals surface area contributed by atoms with Gasteiger partial charge >= 0.3 is 12.0 Å². The van der Waals surface area contributed by atoms with Gasteiger partial charge in [0.2, 0.25) is 0 Å².